The van der Waals surface area contributed by atoms with Crippen LogP contribution in [0.2, 0.25) is 0 Å². The summed E-state index contributed by atoms with van der Waals surface area (Å²) in [6, 6.07) is 9.88. The molecule has 2 aliphatic rings. The van der Waals surface area contributed by atoms with Gasteiger partial charge in [-0.05, 0) is 31.2 Å². The summed E-state index contributed by atoms with van der Waals surface area (Å²) in [7, 11) is 0. The number of alkyl carbamates (subject to hydrolysis) is 1. The number of β-amino-alcohol motifs (C(OH)–C–C–N with tert-alkyl or cyclic N) is 1. The summed E-state index contributed by atoms with van der Waals surface area (Å²) in [6.45, 7) is 2.93. The predicted octanol–water partition coefficient (Wildman–Crippen LogP) is 3.07. The van der Waals surface area contributed by atoms with E-state index in [4.69, 9.17) is 4.74 Å². The van der Waals surface area contributed by atoms with Crippen molar-refractivity contribution in [2.75, 3.05) is 19.6 Å². The van der Waals surface area contributed by atoms with Crippen LogP contribution in [0.5, 0.6) is 0 Å². The first-order valence-electron chi connectivity index (χ1n) is 9.55. The second-order valence-electron chi connectivity index (χ2n) is 7.54. The summed E-state index contributed by atoms with van der Waals surface area (Å²) in [5.41, 5.74) is 0.501. The third-order valence-corrected chi connectivity index (χ3v) is 5.42. The number of ether oxygens (including phenoxy) is 1. The fraction of sp³-hybridized carbons (Fsp3) is 0.650. The maximum Gasteiger partial charge on any atom is 0.407 e. The first kappa shape index (κ1) is 18.2. The molecule has 1 saturated carbocycles. The Morgan fingerprint density at radius 3 is 2.52 bits per heavy atom. The zero-order chi connectivity index (χ0) is 17.5. The number of carbonyl (C=O) groups is 1. The molecule has 2 fully saturated rings. The van der Waals surface area contributed by atoms with Gasteiger partial charge in [0.25, 0.3) is 0 Å². The van der Waals surface area contributed by atoms with Crippen molar-refractivity contribution in [1.29, 1.82) is 0 Å². The third-order valence-electron chi connectivity index (χ3n) is 5.42. The average molecular weight is 346 g/mol. The predicted molar refractivity (Wildman–Crippen MR) is 97.3 cm³/mol. The highest BCUT2D eigenvalue weighted by Crippen LogP contribution is 2.29. The van der Waals surface area contributed by atoms with E-state index in [-0.39, 0.29) is 12.1 Å². The van der Waals surface area contributed by atoms with Gasteiger partial charge in [0.05, 0.1) is 5.60 Å². The van der Waals surface area contributed by atoms with E-state index in [1.807, 2.05) is 30.3 Å². The van der Waals surface area contributed by atoms with Crippen molar-refractivity contribution in [2.45, 2.75) is 63.2 Å². The molecule has 1 saturated heterocycles. The van der Waals surface area contributed by atoms with E-state index in [9.17, 15) is 9.90 Å². The Morgan fingerprint density at radius 1 is 1.16 bits per heavy atom. The number of nitrogens with zero attached hydrogens (tertiary/aromatic N) is 1. The van der Waals surface area contributed by atoms with Crippen LogP contribution in [0.1, 0.15) is 50.5 Å². The quantitative estimate of drug-likeness (QED) is 0.860. The van der Waals surface area contributed by atoms with Gasteiger partial charge >= 0.3 is 6.09 Å². The van der Waals surface area contributed by atoms with E-state index < -0.39 is 5.60 Å². The minimum atomic E-state index is -0.493. The van der Waals surface area contributed by atoms with Crippen molar-refractivity contribution in [3.63, 3.8) is 0 Å². The van der Waals surface area contributed by atoms with Crippen LogP contribution < -0.4 is 5.32 Å². The summed E-state index contributed by atoms with van der Waals surface area (Å²) in [6.07, 6.45) is 6.87. The van der Waals surface area contributed by atoms with Crippen molar-refractivity contribution >= 4 is 6.09 Å². The van der Waals surface area contributed by atoms with Gasteiger partial charge in [0.1, 0.15) is 6.61 Å². The molecule has 138 valence electrons. The molecule has 0 unspecified atom stereocenters. The molecule has 1 aliphatic heterocycles. The van der Waals surface area contributed by atoms with E-state index in [1.165, 1.54) is 6.42 Å². The Kier molecular flexibility index (Phi) is 6.32. The lowest BCUT2D eigenvalue weighted by Crippen LogP contribution is -2.50. The van der Waals surface area contributed by atoms with Crippen LogP contribution in [0.3, 0.4) is 0 Å². The van der Waals surface area contributed by atoms with Gasteiger partial charge in [0, 0.05) is 25.7 Å². The molecule has 0 atom stereocenters. The third kappa shape index (κ3) is 5.72. The fourth-order valence-electron chi connectivity index (χ4n) is 3.95. The maximum atomic E-state index is 11.9. The van der Waals surface area contributed by atoms with Crippen LogP contribution in [0, 0.1) is 0 Å². The van der Waals surface area contributed by atoms with Gasteiger partial charge in [-0.1, -0.05) is 49.6 Å². The number of amides is 1. The molecule has 2 N–H and O–H groups in total. The number of likely N-dealkylation sites (tertiary alicyclic amines) is 1. The smallest absolute Gasteiger partial charge is 0.407 e. The lowest BCUT2D eigenvalue weighted by atomic mass is 9.84. The highest BCUT2D eigenvalue weighted by molar-refractivity contribution is 5.67. The molecule has 1 aromatic carbocycles. The normalized spacial score (nSPS) is 21.6. The molecule has 3 rings (SSSR count). The average Bonchev–Trinajstić information content (AvgIpc) is 2.63. The summed E-state index contributed by atoms with van der Waals surface area (Å²) >= 11 is 0. The van der Waals surface area contributed by atoms with Crippen LogP contribution in [0.15, 0.2) is 30.3 Å². The number of aliphatic hydroxyl groups is 1. The molecule has 0 bridgehead atoms. The minimum absolute atomic E-state index is 0.167. The first-order chi connectivity index (χ1) is 12.1. The first-order valence-corrected chi connectivity index (χ1v) is 9.55. The minimum Gasteiger partial charge on any atom is -0.445 e. The molecule has 1 heterocycles. The molecule has 1 aromatic rings. The zero-order valence-corrected chi connectivity index (χ0v) is 15.0. The largest absolute Gasteiger partial charge is 0.445 e. The number of benzene rings is 1. The van der Waals surface area contributed by atoms with E-state index in [0.29, 0.717) is 6.61 Å². The van der Waals surface area contributed by atoms with Crippen molar-refractivity contribution < 1.29 is 14.6 Å². The Hall–Kier alpha value is -1.59. The number of piperidine rings is 1. The zero-order valence-electron chi connectivity index (χ0n) is 15.0. The molecule has 1 aliphatic carbocycles. The standard InChI is InChI=1S/C20H30N2O3/c23-19(25-15-17-7-3-1-4-8-17)21-18-9-13-22(14-10-18)16-20(24)11-5-2-6-12-20/h1,3-4,7-8,18,24H,2,5-6,9-16H2,(H,21,23). The van der Waals surface area contributed by atoms with Gasteiger partial charge in [0.15, 0.2) is 0 Å². The van der Waals surface area contributed by atoms with E-state index in [1.54, 1.807) is 0 Å². The number of rotatable bonds is 5. The summed E-state index contributed by atoms with van der Waals surface area (Å²) in [4.78, 5) is 14.3. The summed E-state index contributed by atoms with van der Waals surface area (Å²) in [5.74, 6) is 0. The van der Waals surface area contributed by atoms with Gasteiger partial charge in [0.2, 0.25) is 0 Å². The van der Waals surface area contributed by atoms with Crippen LogP contribution >= 0.6 is 0 Å². The van der Waals surface area contributed by atoms with E-state index in [2.05, 4.69) is 10.2 Å². The second-order valence-corrected chi connectivity index (χ2v) is 7.54. The second kappa shape index (κ2) is 8.68. The molecule has 0 spiro atoms. The molecule has 5 heteroatoms. The Bertz CT molecular complexity index is 535. The highest BCUT2D eigenvalue weighted by atomic mass is 16.5. The molecule has 0 aromatic heterocycles. The summed E-state index contributed by atoms with van der Waals surface area (Å²) in [5, 5.41) is 13.7. The Balaban J connectivity index is 1.35. The number of carbonyl (C=O) groups excluding carboxylic acids is 1. The van der Waals surface area contributed by atoms with E-state index >= 15 is 0 Å². The van der Waals surface area contributed by atoms with Crippen molar-refractivity contribution in [2.24, 2.45) is 0 Å². The van der Waals surface area contributed by atoms with Crippen molar-refractivity contribution in [1.82, 2.24) is 10.2 Å². The fourth-order valence-corrected chi connectivity index (χ4v) is 3.95. The van der Waals surface area contributed by atoms with Crippen LogP contribution in [0.25, 0.3) is 0 Å². The summed E-state index contributed by atoms with van der Waals surface area (Å²) < 4.78 is 5.29. The number of hydrogen-bond donors (Lipinski definition) is 2. The van der Waals surface area contributed by atoms with Gasteiger partial charge < -0.3 is 20.1 Å². The molecular weight excluding hydrogens is 316 g/mol. The van der Waals surface area contributed by atoms with Crippen LogP contribution in [0.4, 0.5) is 4.79 Å². The van der Waals surface area contributed by atoms with Crippen molar-refractivity contribution in [3.05, 3.63) is 35.9 Å². The Labute approximate surface area is 150 Å². The molecule has 1 amide bonds. The highest BCUT2D eigenvalue weighted by Gasteiger charge is 2.32. The molecule has 25 heavy (non-hydrogen) atoms. The van der Waals surface area contributed by atoms with Gasteiger partial charge in [-0.25, -0.2) is 4.79 Å². The number of nitrogens with one attached hydrogen (secondary N) is 1. The molecule has 5 nitrogen and oxygen atoms in total. The van der Waals surface area contributed by atoms with Gasteiger partial charge in [-0.2, -0.15) is 0 Å². The van der Waals surface area contributed by atoms with Gasteiger partial charge in [-0.3, -0.25) is 0 Å². The van der Waals surface area contributed by atoms with Crippen LogP contribution in [-0.4, -0.2) is 47.4 Å². The topological polar surface area (TPSA) is 61.8 Å². The van der Waals surface area contributed by atoms with Crippen molar-refractivity contribution in [3.8, 4) is 0 Å². The van der Waals surface area contributed by atoms with E-state index in [0.717, 1.165) is 63.7 Å². The Morgan fingerprint density at radius 2 is 1.84 bits per heavy atom. The monoisotopic (exact) mass is 346 g/mol. The molecule has 0 radical (unpaired) electrons. The van der Waals surface area contributed by atoms with Gasteiger partial charge in [-0.15, -0.1) is 0 Å². The SMILES string of the molecule is O=C(NC1CCN(CC2(O)CCCCC2)CC1)OCc1ccccc1. The van der Waals surface area contributed by atoms with Crippen LogP contribution in [-0.2, 0) is 11.3 Å². The number of hydrogen-bond acceptors (Lipinski definition) is 4. The lowest BCUT2D eigenvalue weighted by Gasteiger charge is -2.40. The lowest BCUT2D eigenvalue weighted by molar-refractivity contribution is -0.0313. The maximum absolute atomic E-state index is 11.9. The molecular formula is C20H30N2O3.